The molecule has 0 aromatic carbocycles. The van der Waals surface area contributed by atoms with Crippen molar-refractivity contribution >= 4 is 5.91 Å². The van der Waals surface area contributed by atoms with Crippen molar-refractivity contribution in [2.24, 2.45) is 5.41 Å². The van der Waals surface area contributed by atoms with E-state index in [1.165, 1.54) is 0 Å². The SMILES string of the molecule is CCCC1(C(=O)N2CC(C)OCC2CC)CCNCC1. The molecule has 2 saturated heterocycles. The summed E-state index contributed by atoms with van der Waals surface area (Å²) in [6.07, 6.45) is 5.24. The van der Waals surface area contributed by atoms with Gasteiger partial charge in [-0.2, -0.15) is 0 Å². The van der Waals surface area contributed by atoms with Gasteiger partial charge in [-0.05, 0) is 45.7 Å². The molecule has 0 saturated carbocycles. The van der Waals surface area contributed by atoms with Crippen molar-refractivity contribution in [2.45, 2.75) is 65.0 Å². The van der Waals surface area contributed by atoms with E-state index in [1.807, 2.05) is 0 Å². The molecule has 20 heavy (non-hydrogen) atoms. The quantitative estimate of drug-likeness (QED) is 0.859. The Morgan fingerprint density at radius 3 is 2.65 bits per heavy atom. The third kappa shape index (κ3) is 3.17. The van der Waals surface area contributed by atoms with Crippen LogP contribution in [0.2, 0.25) is 0 Å². The summed E-state index contributed by atoms with van der Waals surface area (Å²) in [6.45, 7) is 9.82. The van der Waals surface area contributed by atoms with Crippen molar-refractivity contribution < 1.29 is 9.53 Å². The predicted molar refractivity (Wildman–Crippen MR) is 80.7 cm³/mol. The molecule has 0 bridgehead atoms. The lowest BCUT2D eigenvalue weighted by Gasteiger charge is -2.45. The van der Waals surface area contributed by atoms with Crippen molar-refractivity contribution in [2.75, 3.05) is 26.2 Å². The second-order valence-corrected chi connectivity index (χ2v) is 6.44. The Morgan fingerprint density at radius 1 is 1.35 bits per heavy atom. The average molecular weight is 282 g/mol. The number of piperidine rings is 1. The van der Waals surface area contributed by atoms with E-state index >= 15 is 0 Å². The summed E-state index contributed by atoms with van der Waals surface area (Å²) in [4.78, 5) is 15.4. The van der Waals surface area contributed by atoms with Gasteiger partial charge in [0.15, 0.2) is 0 Å². The lowest BCUT2D eigenvalue weighted by Crippen LogP contribution is -2.57. The third-order valence-corrected chi connectivity index (χ3v) is 4.94. The van der Waals surface area contributed by atoms with Crippen molar-refractivity contribution in [1.29, 1.82) is 0 Å². The molecular formula is C16H30N2O2. The fourth-order valence-corrected chi connectivity index (χ4v) is 3.69. The molecule has 1 N–H and O–H groups in total. The molecule has 2 unspecified atom stereocenters. The van der Waals surface area contributed by atoms with E-state index in [2.05, 4.69) is 31.0 Å². The van der Waals surface area contributed by atoms with E-state index < -0.39 is 0 Å². The minimum absolute atomic E-state index is 0.121. The van der Waals surface area contributed by atoms with Gasteiger partial charge in [0, 0.05) is 6.54 Å². The lowest BCUT2D eigenvalue weighted by atomic mass is 9.73. The molecule has 0 aromatic rings. The largest absolute Gasteiger partial charge is 0.375 e. The molecule has 0 radical (unpaired) electrons. The van der Waals surface area contributed by atoms with Crippen LogP contribution in [-0.4, -0.2) is 49.2 Å². The summed E-state index contributed by atoms with van der Waals surface area (Å²) >= 11 is 0. The number of amides is 1. The number of hydrogen-bond donors (Lipinski definition) is 1. The second-order valence-electron chi connectivity index (χ2n) is 6.44. The predicted octanol–water partition coefficient (Wildman–Crippen LogP) is 2.18. The van der Waals surface area contributed by atoms with Crippen LogP contribution in [0, 0.1) is 5.41 Å². The maximum absolute atomic E-state index is 13.2. The van der Waals surface area contributed by atoms with Crippen molar-refractivity contribution in [3.63, 3.8) is 0 Å². The van der Waals surface area contributed by atoms with E-state index in [9.17, 15) is 4.79 Å². The van der Waals surface area contributed by atoms with Gasteiger partial charge in [0.1, 0.15) is 0 Å². The van der Waals surface area contributed by atoms with E-state index in [0.717, 1.165) is 51.7 Å². The smallest absolute Gasteiger partial charge is 0.229 e. The first kappa shape index (κ1) is 15.8. The van der Waals surface area contributed by atoms with Crippen LogP contribution in [0.4, 0.5) is 0 Å². The van der Waals surface area contributed by atoms with Crippen LogP contribution >= 0.6 is 0 Å². The molecule has 0 spiro atoms. The number of ether oxygens (including phenoxy) is 1. The Kier molecular flexibility index (Phi) is 5.44. The number of rotatable bonds is 4. The van der Waals surface area contributed by atoms with E-state index in [-0.39, 0.29) is 17.6 Å². The molecular weight excluding hydrogens is 252 g/mol. The van der Waals surface area contributed by atoms with Gasteiger partial charge in [-0.15, -0.1) is 0 Å². The average Bonchev–Trinajstić information content (AvgIpc) is 2.47. The molecule has 1 amide bonds. The molecule has 2 aliphatic heterocycles. The molecule has 116 valence electrons. The van der Waals surface area contributed by atoms with E-state index in [4.69, 9.17) is 4.74 Å². The monoisotopic (exact) mass is 282 g/mol. The summed E-state index contributed by atoms with van der Waals surface area (Å²) < 4.78 is 5.74. The standard InChI is InChI=1S/C16H30N2O2/c1-4-6-16(7-9-17-10-8-16)15(19)18-11-13(3)20-12-14(18)5-2/h13-14,17H,4-12H2,1-3H3. The Bertz CT molecular complexity index is 321. The molecule has 2 aliphatic rings. The summed E-state index contributed by atoms with van der Waals surface area (Å²) in [5.41, 5.74) is -0.121. The number of morpholine rings is 1. The highest BCUT2D eigenvalue weighted by Crippen LogP contribution is 2.37. The zero-order chi connectivity index (χ0) is 14.6. The summed E-state index contributed by atoms with van der Waals surface area (Å²) in [5, 5.41) is 3.39. The molecule has 4 heteroatoms. The van der Waals surface area contributed by atoms with Crippen molar-refractivity contribution in [3.8, 4) is 0 Å². The van der Waals surface area contributed by atoms with Gasteiger partial charge in [0.25, 0.3) is 0 Å². The van der Waals surface area contributed by atoms with E-state index in [1.54, 1.807) is 0 Å². The first-order valence-electron chi connectivity index (χ1n) is 8.26. The molecule has 4 nitrogen and oxygen atoms in total. The highest BCUT2D eigenvalue weighted by Gasteiger charge is 2.44. The van der Waals surface area contributed by atoms with Crippen LogP contribution in [-0.2, 0) is 9.53 Å². The molecule has 2 rings (SSSR count). The second kappa shape index (κ2) is 6.90. The van der Waals surface area contributed by atoms with Crippen LogP contribution in [0.25, 0.3) is 0 Å². The minimum atomic E-state index is -0.121. The number of nitrogens with zero attached hydrogens (tertiary/aromatic N) is 1. The van der Waals surface area contributed by atoms with Gasteiger partial charge in [-0.25, -0.2) is 0 Å². The number of hydrogen-bond acceptors (Lipinski definition) is 3. The van der Waals surface area contributed by atoms with Gasteiger partial charge in [-0.3, -0.25) is 4.79 Å². The number of carbonyl (C=O) groups is 1. The van der Waals surface area contributed by atoms with Gasteiger partial charge in [-0.1, -0.05) is 20.3 Å². The fraction of sp³-hybridized carbons (Fsp3) is 0.938. The van der Waals surface area contributed by atoms with Crippen LogP contribution in [0.15, 0.2) is 0 Å². The van der Waals surface area contributed by atoms with Gasteiger partial charge >= 0.3 is 0 Å². The van der Waals surface area contributed by atoms with Crippen LogP contribution in [0.3, 0.4) is 0 Å². The van der Waals surface area contributed by atoms with E-state index in [0.29, 0.717) is 12.5 Å². The first-order chi connectivity index (χ1) is 9.63. The van der Waals surface area contributed by atoms with Gasteiger partial charge < -0.3 is 15.0 Å². The number of carbonyl (C=O) groups excluding carboxylic acids is 1. The topological polar surface area (TPSA) is 41.6 Å². The minimum Gasteiger partial charge on any atom is -0.375 e. The number of nitrogens with one attached hydrogen (secondary N) is 1. The zero-order valence-electron chi connectivity index (χ0n) is 13.3. The normalized spacial score (nSPS) is 30.2. The molecule has 2 heterocycles. The Morgan fingerprint density at radius 2 is 2.05 bits per heavy atom. The lowest BCUT2D eigenvalue weighted by molar-refractivity contribution is -0.157. The molecule has 2 fully saturated rings. The summed E-state index contributed by atoms with van der Waals surface area (Å²) in [7, 11) is 0. The van der Waals surface area contributed by atoms with Crippen LogP contribution < -0.4 is 5.32 Å². The fourth-order valence-electron chi connectivity index (χ4n) is 3.69. The molecule has 0 aliphatic carbocycles. The molecule has 0 aromatic heterocycles. The maximum Gasteiger partial charge on any atom is 0.229 e. The zero-order valence-corrected chi connectivity index (χ0v) is 13.3. The van der Waals surface area contributed by atoms with Crippen molar-refractivity contribution in [1.82, 2.24) is 10.2 Å². The van der Waals surface area contributed by atoms with Gasteiger partial charge in [0.2, 0.25) is 5.91 Å². The Labute approximate surface area is 123 Å². The highest BCUT2D eigenvalue weighted by molar-refractivity contribution is 5.83. The Hall–Kier alpha value is -0.610. The Balaban J connectivity index is 2.16. The van der Waals surface area contributed by atoms with Crippen LogP contribution in [0.1, 0.15) is 52.9 Å². The summed E-state index contributed by atoms with van der Waals surface area (Å²) in [5.74, 6) is 0.392. The van der Waals surface area contributed by atoms with Gasteiger partial charge in [0.05, 0.1) is 24.2 Å². The molecule has 2 atom stereocenters. The highest BCUT2D eigenvalue weighted by atomic mass is 16.5. The van der Waals surface area contributed by atoms with Crippen molar-refractivity contribution in [3.05, 3.63) is 0 Å². The third-order valence-electron chi connectivity index (χ3n) is 4.94. The summed E-state index contributed by atoms with van der Waals surface area (Å²) in [6, 6.07) is 0.266. The maximum atomic E-state index is 13.2. The first-order valence-corrected chi connectivity index (χ1v) is 8.26. The van der Waals surface area contributed by atoms with Crippen LogP contribution in [0.5, 0.6) is 0 Å².